The second kappa shape index (κ2) is 3.07. The molecule has 0 aliphatic carbocycles. The third-order valence-electron chi connectivity index (χ3n) is 0.600. The molecule has 0 heterocycles. The van der Waals surface area contributed by atoms with Crippen LogP contribution in [0.5, 0.6) is 0 Å². The van der Waals surface area contributed by atoms with Gasteiger partial charge in [-0.3, -0.25) is 0 Å². The van der Waals surface area contributed by atoms with Gasteiger partial charge in [-0.2, -0.15) is 0 Å². The van der Waals surface area contributed by atoms with Gasteiger partial charge in [-0.25, -0.2) is 0 Å². The van der Waals surface area contributed by atoms with E-state index in [1.165, 1.54) is 0 Å². The molecular formula is C7H6. The summed E-state index contributed by atoms with van der Waals surface area (Å²) in [6.45, 7) is 1.81. The van der Waals surface area contributed by atoms with Gasteiger partial charge < -0.3 is 0 Å². The Kier molecular flexibility index (Phi) is 2.57. The molecule has 7 heavy (non-hydrogen) atoms. The number of hydrogen-bond donors (Lipinski definition) is 0. The molecular weight excluding hydrogens is 84.1 g/mol. The number of terminal acetylenes is 2. The van der Waals surface area contributed by atoms with Gasteiger partial charge in [0.15, 0.2) is 0 Å². The number of hydrogen-bond acceptors (Lipinski definition) is 0. The maximum atomic E-state index is 4.93. The minimum Gasteiger partial charge on any atom is -0.114 e. The molecule has 0 fully saturated rings. The Labute approximate surface area is 44.2 Å². The lowest BCUT2D eigenvalue weighted by atomic mass is 10.3. The number of rotatable bonds is 0. The highest BCUT2D eigenvalue weighted by molar-refractivity contribution is 5.40. The Morgan fingerprint density at radius 2 is 1.86 bits per heavy atom. The SMILES string of the molecule is C#CC(C#C)=CC. The van der Waals surface area contributed by atoms with Crippen LogP contribution < -0.4 is 0 Å². The molecule has 0 heteroatoms. The van der Waals surface area contributed by atoms with Crippen LogP contribution in [0.15, 0.2) is 11.6 Å². The van der Waals surface area contributed by atoms with Crippen LogP contribution in [0.2, 0.25) is 0 Å². The quantitative estimate of drug-likeness (QED) is 0.392. The van der Waals surface area contributed by atoms with Crippen LogP contribution in [-0.2, 0) is 0 Å². The summed E-state index contributed by atoms with van der Waals surface area (Å²) in [4.78, 5) is 0. The van der Waals surface area contributed by atoms with Gasteiger partial charge in [0.2, 0.25) is 0 Å². The van der Waals surface area contributed by atoms with Crippen LogP contribution >= 0.6 is 0 Å². The molecule has 0 saturated heterocycles. The van der Waals surface area contributed by atoms with Gasteiger partial charge in [0.05, 0.1) is 5.57 Å². The van der Waals surface area contributed by atoms with Crippen molar-refractivity contribution < 1.29 is 0 Å². The first-order valence-corrected chi connectivity index (χ1v) is 1.94. The van der Waals surface area contributed by atoms with E-state index in [4.69, 9.17) is 12.8 Å². The van der Waals surface area contributed by atoms with Gasteiger partial charge in [0, 0.05) is 0 Å². The third-order valence-corrected chi connectivity index (χ3v) is 0.600. The largest absolute Gasteiger partial charge is 0.114 e. The molecule has 0 N–H and O–H groups in total. The van der Waals surface area contributed by atoms with E-state index in [0.29, 0.717) is 5.57 Å². The van der Waals surface area contributed by atoms with E-state index < -0.39 is 0 Å². The topological polar surface area (TPSA) is 0 Å². The number of allylic oxidation sites excluding steroid dienone is 2. The summed E-state index contributed by atoms with van der Waals surface area (Å²) in [5.41, 5.74) is 0.611. The Balaban J connectivity index is 4.03. The van der Waals surface area contributed by atoms with E-state index in [1.807, 2.05) is 6.92 Å². The van der Waals surface area contributed by atoms with Gasteiger partial charge in [0.25, 0.3) is 0 Å². The predicted molar refractivity (Wildman–Crippen MR) is 31.4 cm³/mol. The fourth-order valence-electron chi connectivity index (χ4n) is 0.208. The molecule has 0 amide bonds. The van der Waals surface area contributed by atoms with Crippen LogP contribution in [0.3, 0.4) is 0 Å². The molecule has 0 aromatic carbocycles. The van der Waals surface area contributed by atoms with Crippen molar-refractivity contribution in [2.75, 3.05) is 0 Å². The Hall–Kier alpha value is -1.14. The van der Waals surface area contributed by atoms with E-state index in [0.717, 1.165) is 0 Å². The lowest BCUT2D eigenvalue weighted by molar-refractivity contribution is 1.69. The fourth-order valence-corrected chi connectivity index (χ4v) is 0.208. The average molecular weight is 90.1 g/mol. The lowest BCUT2D eigenvalue weighted by Crippen LogP contribution is -1.64. The van der Waals surface area contributed by atoms with E-state index in [2.05, 4.69) is 11.8 Å². The van der Waals surface area contributed by atoms with Crippen LogP contribution in [0.1, 0.15) is 6.92 Å². The first-order valence-electron chi connectivity index (χ1n) is 1.94. The van der Waals surface area contributed by atoms with Crippen molar-refractivity contribution in [1.82, 2.24) is 0 Å². The van der Waals surface area contributed by atoms with E-state index in [1.54, 1.807) is 6.08 Å². The summed E-state index contributed by atoms with van der Waals surface area (Å²) in [5.74, 6) is 4.65. The first kappa shape index (κ1) is 5.86. The molecule has 0 spiro atoms. The third kappa shape index (κ3) is 1.68. The van der Waals surface area contributed by atoms with Gasteiger partial charge in [0.1, 0.15) is 0 Å². The van der Waals surface area contributed by atoms with Gasteiger partial charge in [-0.1, -0.05) is 17.9 Å². The van der Waals surface area contributed by atoms with Crippen LogP contribution in [0, 0.1) is 24.7 Å². The molecule has 0 aliphatic heterocycles. The maximum Gasteiger partial charge on any atom is 0.0696 e. The van der Waals surface area contributed by atoms with E-state index >= 15 is 0 Å². The normalized spacial score (nSPS) is 5.57. The Morgan fingerprint density at radius 3 is 1.86 bits per heavy atom. The summed E-state index contributed by atoms with van der Waals surface area (Å²) < 4.78 is 0. The molecule has 0 rings (SSSR count). The Morgan fingerprint density at radius 1 is 1.43 bits per heavy atom. The molecule has 0 bridgehead atoms. The first-order chi connectivity index (χ1) is 3.35. The average Bonchev–Trinajstić information content (AvgIpc) is 1.72. The van der Waals surface area contributed by atoms with Crippen molar-refractivity contribution in [2.45, 2.75) is 6.92 Å². The second-order valence-electron chi connectivity index (χ2n) is 0.991. The summed E-state index contributed by atoms with van der Waals surface area (Å²) in [7, 11) is 0. The van der Waals surface area contributed by atoms with Crippen LogP contribution in [0.4, 0.5) is 0 Å². The van der Waals surface area contributed by atoms with Gasteiger partial charge in [-0.15, -0.1) is 12.8 Å². The molecule has 0 aromatic heterocycles. The monoisotopic (exact) mass is 90.0 g/mol. The van der Waals surface area contributed by atoms with Crippen LogP contribution in [-0.4, -0.2) is 0 Å². The zero-order valence-corrected chi connectivity index (χ0v) is 4.23. The zero-order valence-electron chi connectivity index (χ0n) is 4.23. The fraction of sp³-hybridized carbons (Fsp3) is 0.143. The van der Waals surface area contributed by atoms with E-state index in [9.17, 15) is 0 Å². The van der Waals surface area contributed by atoms with Crippen molar-refractivity contribution >= 4 is 0 Å². The van der Waals surface area contributed by atoms with Crippen LogP contribution in [0.25, 0.3) is 0 Å². The highest BCUT2D eigenvalue weighted by Crippen LogP contribution is 1.83. The standard InChI is InChI=1S/C7H6/c1-4-7(5-2)6-3/h1-2,6H,3H3. The van der Waals surface area contributed by atoms with Crippen molar-refractivity contribution in [3.05, 3.63) is 11.6 Å². The van der Waals surface area contributed by atoms with Crippen molar-refractivity contribution in [3.8, 4) is 24.7 Å². The minimum absolute atomic E-state index is 0.611. The Bertz CT molecular complexity index is 132. The smallest absolute Gasteiger partial charge is 0.0696 e. The highest BCUT2D eigenvalue weighted by atomic mass is 13.7. The second-order valence-corrected chi connectivity index (χ2v) is 0.991. The lowest BCUT2D eigenvalue weighted by Gasteiger charge is -1.74. The van der Waals surface area contributed by atoms with Gasteiger partial charge in [-0.05, 0) is 6.92 Å². The summed E-state index contributed by atoms with van der Waals surface area (Å²) in [5, 5.41) is 0. The molecule has 34 valence electrons. The minimum atomic E-state index is 0.611. The molecule has 0 unspecified atom stereocenters. The van der Waals surface area contributed by atoms with Crippen molar-refractivity contribution in [3.63, 3.8) is 0 Å². The molecule has 0 aromatic rings. The molecule has 0 atom stereocenters. The van der Waals surface area contributed by atoms with E-state index in [-0.39, 0.29) is 0 Å². The maximum absolute atomic E-state index is 4.93. The summed E-state index contributed by atoms with van der Waals surface area (Å²) >= 11 is 0. The zero-order chi connectivity index (χ0) is 5.70. The van der Waals surface area contributed by atoms with Crippen molar-refractivity contribution in [2.24, 2.45) is 0 Å². The predicted octanol–water partition coefficient (Wildman–Crippen LogP) is 1.20. The molecule has 0 saturated carbocycles. The molecule has 0 radical (unpaired) electrons. The molecule has 0 nitrogen and oxygen atoms in total. The summed E-state index contributed by atoms with van der Waals surface area (Å²) in [6.07, 6.45) is 11.6. The summed E-state index contributed by atoms with van der Waals surface area (Å²) in [6, 6.07) is 0. The highest BCUT2D eigenvalue weighted by Gasteiger charge is 1.73. The van der Waals surface area contributed by atoms with Crippen molar-refractivity contribution in [1.29, 1.82) is 0 Å². The molecule has 0 aliphatic rings. The van der Waals surface area contributed by atoms with Gasteiger partial charge >= 0.3 is 0 Å².